The minimum absolute atomic E-state index is 0.101. The Morgan fingerprint density at radius 2 is 1.96 bits per heavy atom. The van der Waals surface area contributed by atoms with Crippen molar-refractivity contribution < 1.29 is 14.0 Å². The van der Waals surface area contributed by atoms with Gasteiger partial charge in [-0.1, -0.05) is 18.6 Å². The van der Waals surface area contributed by atoms with Crippen molar-refractivity contribution in [3.63, 3.8) is 0 Å². The largest absolute Gasteiger partial charge is 0.464 e. The molecule has 0 spiro atoms. The van der Waals surface area contributed by atoms with Gasteiger partial charge in [0.1, 0.15) is 11.9 Å². The molecule has 1 aliphatic heterocycles. The maximum atomic E-state index is 13.2. The summed E-state index contributed by atoms with van der Waals surface area (Å²) in [6.45, 7) is 7.21. The number of Topliss-reactive ketones (excluding diaryl/α,β-unsaturated/α-hetero) is 1. The summed E-state index contributed by atoms with van der Waals surface area (Å²) in [6.07, 6.45) is 2.37. The predicted octanol–water partition coefficient (Wildman–Crippen LogP) is 3.51. The van der Waals surface area contributed by atoms with Crippen molar-refractivity contribution in [2.75, 3.05) is 0 Å². The Morgan fingerprint density at radius 1 is 1.23 bits per heavy atom. The molecule has 1 N–H and O–H groups in total. The monoisotopic (exact) mass is 351 g/mol. The van der Waals surface area contributed by atoms with Crippen molar-refractivity contribution in [1.82, 2.24) is 5.32 Å². The molecular formula is C21H21NO4. The second kappa shape index (κ2) is 6.75. The molecule has 2 heterocycles. The van der Waals surface area contributed by atoms with Crippen molar-refractivity contribution in [2.45, 2.75) is 40.0 Å². The zero-order valence-corrected chi connectivity index (χ0v) is 15.3. The predicted molar refractivity (Wildman–Crippen MR) is 99.9 cm³/mol. The van der Waals surface area contributed by atoms with Crippen LogP contribution in [-0.2, 0) is 9.59 Å². The molecule has 1 unspecified atom stereocenters. The Morgan fingerprint density at radius 3 is 2.62 bits per heavy atom. The molecular weight excluding hydrogens is 330 g/mol. The third-order valence-corrected chi connectivity index (χ3v) is 4.83. The van der Waals surface area contributed by atoms with E-state index in [1.807, 2.05) is 13.0 Å². The van der Waals surface area contributed by atoms with Gasteiger partial charge < -0.3 is 9.73 Å². The summed E-state index contributed by atoms with van der Waals surface area (Å²) in [4.78, 5) is 37.5. The van der Waals surface area contributed by atoms with E-state index in [0.717, 1.165) is 5.56 Å². The van der Waals surface area contributed by atoms with Crippen LogP contribution >= 0.6 is 0 Å². The number of carbonyl (C=O) groups excluding carboxylic acids is 2. The molecule has 0 saturated heterocycles. The van der Waals surface area contributed by atoms with Crippen molar-refractivity contribution >= 4 is 23.0 Å². The maximum absolute atomic E-state index is 13.2. The third-order valence-electron chi connectivity index (χ3n) is 4.83. The highest BCUT2D eigenvalue weighted by molar-refractivity contribution is 6.00. The molecule has 1 atom stereocenters. The number of aldehydes is 1. The van der Waals surface area contributed by atoms with Crippen LogP contribution in [0.15, 0.2) is 56.2 Å². The highest BCUT2D eigenvalue weighted by Crippen LogP contribution is 2.37. The molecule has 1 aromatic carbocycles. The fourth-order valence-corrected chi connectivity index (χ4v) is 3.51. The molecule has 0 aliphatic carbocycles. The summed E-state index contributed by atoms with van der Waals surface area (Å²) >= 11 is 0. The first kappa shape index (κ1) is 17.9. The molecule has 1 aliphatic rings. The molecule has 5 heteroatoms. The first-order valence-electron chi connectivity index (χ1n) is 8.58. The number of carbonyl (C=O) groups is 2. The van der Waals surface area contributed by atoms with Gasteiger partial charge in [0.2, 0.25) is 0 Å². The Kier molecular flexibility index (Phi) is 4.64. The van der Waals surface area contributed by atoms with Crippen LogP contribution in [0.5, 0.6) is 0 Å². The minimum atomic E-state index is -0.720. The molecule has 0 amide bonds. The van der Waals surface area contributed by atoms with E-state index in [4.69, 9.17) is 4.42 Å². The summed E-state index contributed by atoms with van der Waals surface area (Å²) in [6, 6.07) is 5.38. The maximum Gasteiger partial charge on any atom is 0.196 e. The van der Waals surface area contributed by atoms with Gasteiger partial charge in [-0.2, -0.15) is 0 Å². The molecule has 5 nitrogen and oxygen atoms in total. The average Bonchev–Trinajstić information content (AvgIpc) is 2.61. The number of dihydropyridines is 1. The molecule has 0 saturated carbocycles. The van der Waals surface area contributed by atoms with Gasteiger partial charge in [-0.15, -0.1) is 0 Å². The number of benzene rings is 1. The zero-order valence-electron chi connectivity index (χ0n) is 15.3. The first-order valence-corrected chi connectivity index (χ1v) is 8.58. The summed E-state index contributed by atoms with van der Waals surface area (Å²) in [5.74, 6) is -0.821. The van der Waals surface area contributed by atoms with E-state index in [1.54, 1.807) is 32.9 Å². The lowest BCUT2D eigenvalue weighted by atomic mass is 9.79. The number of fused-ring (bicyclic) bond motifs is 1. The standard InChI is InChI=1S/C21H21NO4/c1-5-17(24)19-13(4)22-12(3)15(9-23)20(19)16-10-26-18-7-6-11(2)8-14(18)21(16)25/h6-10,20,22H,5H2,1-4H3. The minimum Gasteiger partial charge on any atom is -0.464 e. The van der Waals surface area contributed by atoms with Gasteiger partial charge >= 0.3 is 0 Å². The fraction of sp³-hybridized carbons (Fsp3) is 0.286. The Labute approximate surface area is 151 Å². The second-order valence-electron chi connectivity index (χ2n) is 6.59. The van der Waals surface area contributed by atoms with Crippen LogP contribution in [0.2, 0.25) is 0 Å². The molecule has 2 aromatic rings. The van der Waals surface area contributed by atoms with Gasteiger partial charge in [-0.05, 0) is 32.9 Å². The van der Waals surface area contributed by atoms with E-state index in [-0.39, 0.29) is 17.6 Å². The van der Waals surface area contributed by atoms with Gasteiger partial charge in [0.15, 0.2) is 11.2 Å². The SMILES string of the molecule is CCC(=O)C1=C(C)NC(C)=C(C=O)C1c1coc2ccc(C)cc2c1=O. The fourth-order valence-electron chi connectivity index (χ4n) is 3.51. The van der Waals surface area contributed by atoms with E-state index in [2.05, 4.69) is 5.32 Å². The normalized spacial score (nSPS) is 17.5. The summed E-state index contributed by atoms with van der Waals surface area (Å²) in [7, 11) is 0. The van der Waals surface area contributed by atoms with E-state index < -0.39 is 5.92 Å². The molecule has 134 valence electrons. The highest BCUT2D eigenvalue weighted by atomic mass is 16.3. The van der Waals surface area contributed by atoms with Crippen LogP contribution in [0.4, 0.5) is 0 Å². The van der Waals surface area contributed by atoms with Crippen LogP contribution in [0, 0.1) is 6.92 Å². The van der Waals surface area contributed by atoms with Gasteiger partial charge in [0.25, 0.3) is 0 Å². The molecule has 26 heavy (non-hydrogen) atoms. The van der Waals surface area contributed by atoms with E-state index in [1.165, 1.54) is 6.26 Å². The lowest BCUT2D eigenvalue weighted by molar-refractivity contribution is -0.115. The number of ketones is 1. The summed E-state index contributed by atoms with van der Waals surface area (Å²) in [5.41, 5.74) is 3.63. The number of hydrogen-bond donors (Lipinski definition) is 1. The summed E-state index contributed by atoms with van der Waals surface area (Å²) in [5, 5.41) is 3.53. The van der Waals surface area contributed by atoms with E-state index in [9.17, 15) is 14.4 Å². The summed E-state index contributed by atoms with van der Waals surface area (Å²) < 4.78 is 5.66. The van der Waals surface area contributed by atoms with Crippen LogP contribution in [0.1, 0.15) is 44.2 Å². The number of aryl methyl sites for hydroxylation is 1. The average molecular weight is 351 g/mol. The molecule has 0 bridgehead atoms. The van der Waals surface area contributed by atoms with E-state index >= 15 is 0 Å². The third kappa shape index (κ3) is 2.79. The highest BCUT2D eigenvalue weighted by Gasteiger charge is 2.34. The van der Waals surface area contributed by atoms with Crippen LogP contribution in [0.3, 0.4) is 0 Å². The number of allylic oxidation sites excluding steroid dienone is 4. The Hall–Kier alpha value is -2.95. The first-order chi connectivity index (χ1) is 12.4. The van der Waals surface area contributed by atoms with Crippen LogP contribution in [0.25, 0.3) is 11.0 Å². The zero-order chi connectivity index (χ0) is 19.0. The van der Waals surface area contributed by atoms with Crippen molar-refractivity contribution in [1.29, 1.82) is 0 Å². The Bertz CT molecular complexity index is 1040. The quantitative estimate of drug-likeness (QED) is 0.853. The Balaban J connectivity index is 2.33. The van der Waals surface area contributed by atoms with Gasteiger partial charge in [-0.3, -0.25) is 14.4 Å². The molecule has 0 fully saturated rings. The van der Waals surface area contributed by atoms with Crippen molar-refractivity contribution in [2.24, 2.45) is 0 Å². The lowest BCUT2D eigenvalue weighted by Crippen LogP contribution is -2.31. The molecule has 0 radical (unpaired) electrons. The lowest BCUT2D eigenvalue weighted by Gasteiger charge is -2.29. The van der Waals surface area contributed by atoms with E-state index in [0.29, 0.717) is 45.4 Å². The van der Waals surface area contributed by atoms with Crippen LogP contribution in [-0.4, -0.2) is 12.1 Å². The van der Waals surface area contributed by atoms with Gasteiger partial charge in [0, 0.05) is 34.5 Å². The number of hydrogen-bond acceptors (Lipinski definition) is 5. The topological polar surface area (TPSA) is 76.4 Å². The second-order valence-corrected chi connectivity index (χ2v) is 6.59. The number of rotatable bonds is 4. The van der Waals surface area contributed by atoms with Gasteiger partial charge in [0.05, 0.1) is 17.6 Å². The van der Waals surface area contributed by atoms with Crippen molar-refractivity contribution in [3.8, 4) is 0 Å². The van der Waals surface area contributed by atoms with Gasteiger partial charge in [-0.25, -0.2) is 0 Å². The molecule has 1 aromatic heterocycles. The molecule has 3 rings (SSSR count). The number of nitrogens with one attached hydrogen (secondary N) is 1. The van der Waals surface area contributed by atoms with Crippen molar-refractivity contribution in [3.05, 3.63) is 68.4 Å². The van der Waals surface area contributed by atoms with Crippen LogP contribution < -0.4 is 10.7 Å². The smallest absolute Gasteiger partial charge is 0.196 e.